The molecule has 6 heteroatoms. The van der Waals surface area contributed by atoms with Crippen LogP contribution in [0.4, 0.5) is 0 Å². The van der Waals surface area contributed by atoms with E-state index in [0.717, 1.165) is 36.8 Å². The number of rotatable bonds is 10. The van der Waals surface area contributed by atoms with E-state index in [1.165, 1.54) is 5.56 Å². The highest BCUT2D eigenvalue weighted by molar-refractivity contribution is 6.30. The van der Waals surface area contributed by atoms with Gasteiger partial charge in [0.25, 0.3) is 5.91 Å². The summed E-state index contributed by atoms with van der Waals surface area (Å²) >= 11 is 6.12. The van der Waals surface area contributed by atoms with Crippen LogP contribution in [0.5, 0.6) is 5.75 Å². The number of halogens is 1. The van der Waals surface area contributed by atoms with E-state index >= 15 is 0 Å². The van der Waals surface area contributed by atoms with E-state index < -0.39 is 6.04 Å². The van der Waals surface area contributed by atoms with Crippen LogP contribution in [0.1, 0.15) is 63.1 Å². The van der Waals surface area contributed by atoms with Gasteiger partial charge in [-0.1, -0.05) is 99.8 Å². The van der Waals surface area contributed by atoms with Gasteiger partial charge in [0.05, 0.1) is 0 Å². The smallest absolute Gasteiger partial charge is 0.261 e. The summed E-state index contributed by atoms with van der Waals surface area (Å²) < 4.78 is 5.94. The zero-order valence-electron chi connectivity index (χ0n) is 23.2. The quantitative estimate of drug-likeness (QED) is 0.307. The molecule has 1 aliphatic rings. The minimum absolute atomic E-state index is 0.0288. The SMILES string of the molecule is CC(C)(C)c1ccc(OCC(=O)N(Cc2ccc(Cl)cc2)[C@@H](Cc2ccccc2)C(=O)NC2CCCC2)cc1. The molecule has 1 aliphatic carbocycles. The molecule has 3 aromatic carbocycles. The van der Waals surface area contributed by atoms with Crippen LogP contribution >= 0.6 is 11.6 Å². The fourth-order valence-electron chi connectivity index (χ4n) is 4.99. The van der Waals surface area contributed by atoms with Gasteiger partial charge < -0.3 is 15.0 Å². The minimum atomic E-state index is -0.678. The number of amides is 2. The molecule has 0 bridgehead atoms. The molecular weight excluding hydrogens is 508 g/mol. The maximum atomic E-state index is 13.8. The van der Waals surface area contributed by atoms with Crippen LogP contribution in [-0.4, -0.2) is 35.4 Å². The number of nitrogens with zero attached hydrogens (tertiary/aromatic N) is 1. The lowest BCUT2D eigenvalue weighted by Gasteiger charge is -2.32. The molecule has 0 aliphatic heterocycles. The lowest BCUT2D eigenvalue weighted by molar-refractivity contribution is -0.143. The first kappa shape index (κ1) is 28.7. The van der Waals surface area contributed by atoms with Gasteiger partial charge in [0, 0.05) is 24.0 Å². The van der Waals surface area contributed by atoms with Crippen molar-refractivity contribution in [3.05, 3.63) is 101 Å². The van der Waals surface area contributed by atoms with Crippen molar-refractivity contribution in [3.63, 3.8) is 0 Å². The van der Waals surface area contributed by atoms with E-state index in [-0.39, 0.29) is 36.4 Å². The Morgan fingerprint density at radius 2 is 1.56 bits per heavy atom. The van der Waals surface area contributed by atoms with Crippen molar-refractivity contribution in [2.24, 2.45) is 0 Å². The summed E-state index contributed by atoms with van der Waals surface area (Å²) in [6.45, 7) is 6.59. The lowest BCUT2D eigenvalue weighted by Crippen LogP contribution is -2.53. The molecule has 1 atom stereocenters. The number of ether oxygens (including phenoxy) is 1. The van der Waals surface area contributed by atoms with Crippen LogP contribution < -0.4 is 10.1 Å². The molecule has 0 unspecified atom stereocenters. The van der Waals surface area contributed by atoms with E-state index in [9.17, 15) is 9.59 Å². The molecule has 1 N–H and O–H groups in total. The van der Waals surface area contributed by atoms with Gasteiger partial charge in [-0.15, -0.1) is 0 Å². The third kappa shape index (κ3) is 8.34. The standard InChI is InChI=1S/C33H39ClN2O3/c1-33(2,3)26-15-19-29(20-16-26)39-23-31(37)36(22-25-13-17-27(34)18-14-25)30(21-24-9-5-4-6-10-24)32(38)35-28-11-7-8-12-28/h4-6,9-10,13-20,28,30H,7-8,11-12,21-23H2,1-3H3,(H,35,38)/t30-/m0/s1. The molecule has 0 spiro atoms. The van der Waals surface area contributed by atoms with Gasteiger partial charge in [-0.2, -0.15) is 0 Å². The second kappa shape index (κ2) is 13.2. The summed E-state index contributed by atoms with van der Waals surface area (Å²) in [5.74, 6) is 0.257. The van der Waals surface area contributed by atoms with Crippen LogP contribution in [-0.2, 0) is 28.0 Å². The Kier molecular flexibility index (Phi) is 9.68. The molecule has 4 rings (SSSR count). The van der Waals surface area contributed by atoms with Crippen molar-refractivity contribution < 1.29 is 14.3 Å². The fourth-order valence-corrected chi connectivity index (χ4v) is 5.11. The summed E-state index contributed by atoms with van der Waals surface area (Å²) in [5, 5.41) is 3.85. The molecule has 39 heavy (non-hydrogen) atoms. The monoisotopic (exact) mass is 546 g/mol. The predicted molar refractivity (Wildman–Crippen MR) is 157 cm³/mol. The number of nitrogens with one attached hydrogen (secondary N) is 1. The minimum Gasteiger partial charge on any atom is -0.484 e. The molecule has 5 nitrogen and oxygen atoms in total. The third-order valence-corrected chi connectivity index (χ3v) is 7.57. The molecule has 3 aromatic rings. The second-order valence-corrected chi connectivity index (χ2v) is 11.8. The fraction of sp³-hybridized carbons (Fsp3) is 0.394. The van der Waals surface area contributed by atoms with Gasteiger partial charge in [0.1, 0.15) is 11.8 Å². The summed E-state index contributed by atoms with van der Waals surface area (Å²) in [5.41, 5.74) is 3.11. The Morgan fingerprint density at radius 1 is 0.923 bits per heavy atom. The Morgan fingerprint density at radius 3 is 2.18 bits per heavy atom. The summed E-state index contributed by atoms with van der Waals surface area (Å²) in [6, 6.07) is 24.6. The maximum absolute atomic E-state index is 13.8. The van der Waals surface area contributed by atoms with Gasteiger partial charge in [0.2, 0.25) is 5.91 Å². The first-order chi connectivity index (χ1) is 18.7. The molecule has 1 fully saturated rings. The maximum Gasteiger partial charge on any atom is 0.261 e. The number of hydrogen-bond donors (Lipinski definition) is 1. The third-order valence-electron chi connectivity index (χ3n) is 7.32. The Labute approximate surface area is 237 Å². The number of carbonyl (C=O) groups excluding carboxylic acids is 2. The van der Waals surface area contributed by atoms with Crippen LogP contribution in [0, 0.1) is 0 Å². The highest BCUT2D eigenvalue weighted by Crippen LogP contribution is 2.25. The molecule has 2 amide bonds. The predicted octanol–water partition coefficient (Wildman–Crippen LogP) is 6.72. The highest BCUT2D eigenvalue weighted by atomic mass is 35.5. The molecule has 1 saturated carbocycles. The first-order valence-corrected chi connectivity index (χ1v) is 14.2. The highest BCUT2D eigenvalue weighted by Gasteiger charge is 2.32. The number of hydrogen-bond acceptors (Lipinski definition) is 3. The zero-order valence-corrected chi connectivity index (χ0v) is 23.9. The van der Waals surface area contributed by atoms with E-state index in [1.54, 1.807) is 17.0 Å². The number of carbonyl (C=O) groups is 2. The van der Waals surface area contributed by atoms with Crippen molar-refractivity contribution in [1.29, 1.82) is 0 Å². The van der Waals surface area contributed by atoms with Crippen molar-refractivity contribution in [2.45, 2.75) is 76.9 Å². The Hall–Kier alpha value is -3.31. The summed E-state index contributed by atoms with van der Waals surface area (Å²) in [7, 11) is 0. The van der Waals surface area contributed by atoms with Gasteiger partial charge in [-0.3, -0.25) is 9.59 Å². The normalized spacial score (nSPS) is 14.6. The van der Waals surface area contributed by atoms with Crippen LogP contribution in [0.25, 0.3) is 0 Å². The lowest BCUT2D eigenvalue weighted by atomic mass is 9.87. The van der Waals surface area contributed by atoms with Crippen LogP contribution in [0.3, 0.4) is 0 Å². The molecule has 206 valence electrons. The Bertz CT molecular complexity index is 1210. The van der Waals surface area contributed by atoms with Crippen LogP contribution in [0.2, 0.25) is 5.02 Å². The topological polar surface area (TPSA) is 58.6 Å². The average Bonchev–Trinajstić information content (AvgIpc) is 3.43. The largest absolute Gasteiger partial charge is 0.484 e. The average molecular weight is 547 g/mol. The van der Waals surface area contributed by atoms with Gasteiger partial charge in [-0.05, 0) is 59.2 Å². The molecule has 0 saturated heterocycles. The van der Waals surface area contributed by atoms with E-state index in [0.29, 0.717) is 17.2 Å². The van der Waals surface area contributed by atoms with Crippen molar-refractivity contribution >= 4 is 23.4 Å². The number of benzene rings is 3. The molecular formula is C33H39ClN2O3. The molecule has 0 aromatic heterocycles. The second-order valence-electron chi connectivity index (χ2n) is 11.4. The molecule has 0 radical (unpaired) electrons. The summed E-state index contributed by atoms with van der Waals surface area (Å²) in [4.78, 5) is 29.2. The first-order valence-electron chi connectivity index (χ1n) is 13.8. The van der Waals surface area contributed by atoms with Crippen LogP contribution in [0.15, 0.2) is 78.9 Å². The van der Waals surface area contributed by atoms with E-state index in [1.807, 2.05) is 66.7 Å². The van der Waals surface area contributed by atoms with Gasteiger partial charge in [0.15, 0.2) is 6.61 Å². The van der Waals surface area contributed by atoms with E-state index in [2.05, 4.69) is 26.1 Å². The Balaban J connectivity index is 1.58. The molecule has 0 heterocycles. The zero-order chi connectivity index (χ0) is 27.8. The van der Waals surface area contributed by atoms with Crippen molar-refractivity contribution in [1.82, 2.24) is 10.2 Å². The van der Waals surface area contributed by atoms with Gasteiger partial charge >= 0.3 is 0 Å². The van der Waals surface area contributed by atoms with E-state index in [4.69, 9.17) is 16.3 Å². The van der Waals surface area contributed by atoms with Gasteiger partial charge in [-0.25, -0.2) is 0 Å². The summed E-state index contributed by atoms with van der Waals surface area (Å²) in [6.07, 6.45) is 4.59. The van der Waals surface area contributed by atoms with Crippen molar-refractivity contribution in [2.75, 3.05) is 6.61 Å². The van der Waals surface area contributed by atoms with Crippen molar-refractivity contribution in [3.8, 4) is 5.75 Å².